The Morgan fingerprint density at radius 1 is 1.35 bits per heavy atom. The average molecular weight is 291 g/mol. The van der Waals surface area contributed by atoms with Crippen molar-refractivity contribution in [3.05, 3.63) is 34.9 Å². The van der Waals surface area contributed by atoms with Crippen molar-refractivity contribution in [2.75, 3.05) is 26.7 Å². The first-order chi connectivity index (χ1) is 9.29. The molecule has 1 aliphatic rings. The molecule has 0 radical (unpaired) electrons. The van der Waals surface area contributed by atoms with Crippen molar-refractivity contribution >= 4 is 17.2 Å². The van der Waals surface area contributed by atoms with Gasteiger partial charge in [-0.05, 0) is 45.0 Å². The van der Waals surface area contributed by atoms with E-state index in [0.717, 1.165) is 31.7 Å². The van der Waals surface area contributed by atoms with E-state index in [9.17, 15) is 0 Å². The first kappa shape index (κ1) is 15.4. The fourth-order valence-corrected chi connectivity index (χ4v) is 2.87. The maximum absolute atomic E-state index is 5.68. The molecule has 110 valence electrons. The molecule has 2 N–H and O–H groups in total. The van der Waals surface area contributed by atoms with Crippen LogP contribution in [0.3, 0.4) is 0 Å². The van der Waals surface area contributed by atoms with Gasteiger partial charge in [-0.1, -0.05) is 24.4 Å². The molecule has 0 amide bonds. The van der Waals surface area contributed by atoms with Crippen LogP contribution in [-0.4, -0.2) is 47.0 Å². The Hall–Kier alpha value is -0.970. The van der Waals surface area contributed by atoms with E-state index in [1.54, 1.807) is 0 Å². The highest BCUT2D eigenvalue weighted by Gasteiger charge is 2.30. The average Bonchev–Trinajstić information content (AvgIpc) is 2.35. The Balaban J connectivity index is 2.09. The summed E-state index contributed by atoms with van der Waals surface area (Å²) < 4.78 is 0. The van der Waals surface area contributed by atoms with Gasteiger partial charge >= 0.3 is 0 Å². The molecule has 0 atom stereocenters. The highest BCUT2D eigenvalue weighted by Crippen LogP contribution is 2.21. The predicted octanol–water partition coefficient (Wildman–Crippen LogP) is 2.16. The molecule has 20 heavy (non-hydrogen) atoms. The number of hydrogen-bond donors (Lipinski definition) is 1. The summed E-state index contributed by atoms with van der Waals surface area (Å²) in [5.41, 5.74) is 9.52. The number of aryl methyl sites for hydroxylation is 1. The first-order valence-corrected chi connectivity index (χ1v) is 7.53. The molecule has 0 spiro atoms. The second-order valence-electron chi connectivity index (χ2n) is 6.45. The van der Waals surface area contributed by atoms with Crippen LogP contribution < -0.4 is 5.73 Å². The number of hydrogen-bond acceptors (Lipinski definition) is 3. The normalized spacial score (nSPS) is 20.0. The van der Waals surface area contributed by atoms with Crippen molar-refractivity contribution < 1.29 is 0 Å². The minimum atomic E-state index is 0.241. The van der Waals surface area contributed by atoms with Crippen molar-refractivity contribution in [2.45, 2.75) is 32.9 Å². The maximum atomic E-state index is 5.68. The van der Waals surface area contributed by atoms with Gasteiger partial charge in [0.15, 0.2) is 0 Å². The summed E-state index contributed by atoms with van der Waals surface area (Å²) in [6, 6.07) is 6.29. The number of rotatable bonds is 3. The zero-order valence-corrected chi connectivity index (χ0v) is 13.8. The Morgan fingerprint density at radius 3 is 2.60 bits per heavy atom. The van der Waals surface area contributed by atoms with E-state index in [1.165, 1.54) is 11.1 Å². The van der Waals surface area contributed by atoms with Crippen LogP contribution in [0.15, 0.2) is 18.2 Å². The fraction of sp³-hybridized carbons (Fsp3) is 0.562. The van der Waals surface area contributed by atoms with E-state index in [0.29, 0.717) is 4.99 Å². The van der Waals surface area contributed by atoms with E-state index in [2.05, 4.69) is 49.8 Å². The van der Waals surface area contributed by atoms with Crippen LogP contribution in [0.2, 0.25) is 0 Å². The summed E-state index contributed by atoms with van der Waals surface area (Å²) in [6.45, 7) is 11.1. The van der Waals surface area contributed by atoms with Crippen molar-refractivity contribution in [2.24, 2.45) is 5.73 Å². The molecule has 1 aliphatic heterocycles. The lowest BCUT2D eigenvalue weighted by molar-refractivity contribution is 0.0359. The third-order valence-corrected chi connectivity index (χ3v) is 4.65. The van der Waals surface area contributed by atoms with Gasteiger partial charge in [0.05, 0.1) is 0 Å². The second kappa shape index (κ2) is 5.80. The number of piperazine rings is 1. The minimum Gasteiger partial charge on any atom is -0.389 e. The molecule has 2 rings (SSSR count). The van der Waals surface area contributed by atoms with Crippen molar-refractivity contribution in [1.29, 1.82) is 0 Å². The summed E-state index contributed by atoms with van der Waals surface area (Å²) in [5, 5.41) is 0. The van der Waals surface area contributed by atoms with Gasteiger partial charge in [-0.3, -0.25) is 9.80 Å². The van der Waals surface area contributed by atoms with E-state index in [1.807, 2.05) is 6.07 Å². The van der Waals surface area contributed by atoms with E-state index >= 15 is 0 Å². The SMILES string of the molecule is Cc1cc(C(N)=S)ccc1CN1CCN(C)C(C)(C)C1. The van der Waals surface area contributed by atoms with Gasteiger partial charge in [-0.25, -0.2) is 0 Å². The van der Waals surface area contributed by atoms with Crippen LogP contribution in [0.1, 0.15) is 30.5 Å². The van der Waals surface area contributed by atoms with Crippen LogP contribution in [-0.2, 0) is 6.54 Å². The minimum absolute atomic E-state index is 0.241. The van der Waals surface area contributed by atoms with Crippen molar-refractivity contribution in [3.8, 4) is 0 Å². The lowest BCUT2D eigenvalue weighted by atomic mass is 9.98. The van der Waals surface area contributed by atoms with Gasteiger partial charge in [0.25, 0.3) is 0 Å². The van der Waals surface area contributed by atoms with Gasteiger partial charge in [0, 0.05) is 37.3 Å². The third kappa shape index (κ3) is 3.37. The van der Waals surface area contributed by atoms with Crippen molar-refractivity contribution in [3.63, 3.8) is 0 Å². The molecule has 1 aromatic carbocycles. The Kier molecular flexibility index (Phi) is 4.47. The summed E-state index contributed by atoms with van der Waals surface area (Å²) >= 11 is 5.03. The molecular formula is C16H25N3S. The van der Waals surface area contributed by atoms with Gasteiger partial charge < -0.3 is 5.73 Å². The topological polar surface area (TPSA) is 32.5 Å². The standard InChI is InChI=1S/C16H25N3S/c1-12-9-13(15(17)20)5-6-14(12)10-19-8-7-18(4)16(2,3)11-19/h5-6,9H,7-8,10-11H2,1-4H3,(H2,17,20). The quantitative estimate of drug-likeness (QED) is 0.865. The maximum Gasteiger partial charge on any atom is 0.103 e. The zero-order valence-electron chi connectivity index (χ0n) is 12.9. The number of nitrogens with two attached hydrogens (primary N) is 1. The molecule has 0 bridgehead atoms. The highest BCUT2D eigenvalue weighted by molar-refractivity contribution is 7.80. The smallest absolute Gasteiger partial charge is 0.103 e. The lowest BCUT2D eigenvalue weighted by Gasteiger charge is -2.45. The first-order valence-electron chi connectivity index (χ1n) is 7.12. The molecule has 0 saturated carbocycles. The molecule has 1 fully saturated rings. The monoisotopic (exact) mass is 291 g/mol. The van der Waals surface area contributed by atoms with Crippen LogP contribution in [0.4, 0.5) is 0 Å². The lowest BCUT2D eigenvalue weighted by Crippen LogP contribution is -2.57. The number of nitrogens with zero attached hydrogens (tertiary/aromatic N) is 2. The van der Waals surface area contributed by atoms with Crippen LogP contribution >= 0.6 is 12.2 Å². The molecule has 3 nitrogen and oxygen atoms in total. The van der Waals surface area contributed by atoms with E-state index in [4.69, 9.17) is 18.0 Å². The number of likely N-dealkylation sites (N-methyl/N-ethyl adjacent to an activating group) is 1. The van der Waals surface area contributed by atoms with Gasteiger partial charge in [-0.15, -0.1) is 0 Å². The number of benzene rings is 1. The van der Waals surface area contributed by atoms with E-state index in [-0.39, 0.29) is 5.54 Å². The van der Waals surface area contributed by atoms with Gasteiger partial charge in [0.2, 0.25) is 0 Å². The zero-order chi connectivity index (χ0) is 14.9. The summed E-state index contributed by atoms with van der Waals surface area (Å²) in [6.07, 6.45) is 0. The molecule has 4 heteroatoms. The molecule has 1 saturated heterocycles. The predicted molar refractivity (Wildman–Crippen MR) is 89.1 cm³/mol. The van der Waals surface area contributed by atoms with Crippen LogP contribution in [0.5, 0.6) is 0 Å². The molecule has 0 aliphatic carbocycles. The van der Waals surface area contributed by atoms with E-state index < -0.39 is 0 Å². The Labute approximate surface area is 127 Å². The number of thiocarbonyl (C=S) groups is 1. The second-order valence-corrected chi connectivity index (χ2v) is 6.89. The molecular weight excluding hydrogens is 266 g/mol. The molecule has 1 aromatic rings. The van der Waals surface area contributed by atoms with Crippen LogP contribution in [0, 0.1) is 6.92 Å². The van der Waals surface area contributed by atoms with Gasteiger partial charge in [0.1, 0.15) is 4.99 Å². The highest BCUT2D eigenvalue weighted by atomic mass is 32.1. The molecule has 0 unspecified atom stereocenters. The fourth-order valence-electron chi connectivity index (χ4n) is 2.74. The largest absolute Gasteiger partial charge is 0.389 e. The van der Waals surface area contributed by atoms with Crippen molar-refractivity contribution in [1.82, 2.24) is 9.80 Å². The summed E-state index contributed by atoms with van der Waals surface area (Å²) in [7, 11) is 2.21. The third-order valence-electron chi connectivity index (χ3n) is 4.42. The summed E-state index contributed by atoms with van der Waals surface area (Å²) in [4.78, 5) is 5.44. The molecule has 0 aromatic heterocycles. The Bertz CT molecular complexity index is 510. The Morgan fingerprint density at radius 2 is 2.05 bits per heavy atom. The summed E-state index contributed by atoms with van der Waals surface area (Å²) in [5.74, 6) is 0. The van der Waals surface area contributed by atoms with Gasteiger partial charge in [-0.2, -0.15) is 0 Å². The van der Waals surface area contributed by atoms with Crippen LogP contribution in [0.25, 0.3) is 0 Å². The molecule has 1 heterocycles.